The van der Waals surface area contributed by atoms with Crippen molar-refractivity contribution >= 4 is 17.4 Å². The quantitative estimate of drug-likeness (QED) is 0.302. The molecule has 0 bridgehead atoms. The van der Waals surface area contributed by atoms with E-state index in [2.05, 4.69) is 36.0 Å². The monoisotopic (exact) mass is 454 g/mol. The second-order valence-electron chi connectivity index (χ2n) is 9.34. The lowest BCUT2D eigenvalue weighted by molar-refractivity contribution is 0.112. The van der Waals surface area contributed by atoms with E-state index in [9.17, 15) is 9.18 Å². The second kappa shape index (κ2) is 8.02. The van der Waals surface area contributed by atoms with Gasteiger partial charge in [0.05, 0.1) is 0 Å². The Hall–Kier alpha value is -4.13. The van der Waals surface area contributed by atoms with Gasteiger partial charge in [-0.05, 0) is 52.9 Å². The molecule has 5 aromatic rings. The van der Waals surface area contributed by atoms with E-state index in [0.29, 0.717) is 33.9 Å². The van der Waals surface area contributed by atoms with E-state index in [0.717, 1.165) is 28.5 Å². The molecular formula is C27H23FN4O2. The van der Waals surface area contributed by atoms with Crippen molar-refractivity contribution in [1.82, 2.24) is 19.7 Å². The number of oxazole rings is 1. The van der Waals surface area contributed by atoms with Crippen LogP contribution < -0.4 is 0 Å². The van der Waals surface area contributed by atoms with Gasteiger partial charge in [-0.15, -0.1) is 10.2 Å². The van der Waals surface area contributed by atoms with Crippen LogP contribution in [0.25, 0.3) is 45.1 Å². The van der Waals surface area contributed by atoms with Crippen LogP contribution in [-0.2, 0) is 12.5 Å². The van der Waals surface area contributed by atoms with Crippen LogP contribution in [0.3, 0.4) is 0 Å². The number of fused-ring (bicyclic) bond motifs is 1. The van der Waals surface area contributed by atoms with Gasteiger partial charge >= 0.3 is 0 Å². The number of nitrogens with zero attached hydrogens (tertiary/aromatic N) is 4. The van der Waals surface area contributed by atoms with Crippen molar-refractivity contribution in [3.05, 3.63) is 77.9 Å². The first-order valence-electron chi connectivity index (χ1n) is 10.9. The number of carbonyl (C=O) groups excluding carboxylic acids is 1. The summed E-state index contributed by atoms with van der Waals surface area (Å²) >= 11 is 0. The number of aromatic nitrogens is 4. The van der Waals surface area contributed by atoms with Gasteiger partial charge in [0, 0.05) is 29.3 Å². The molecule has 0 aliphatic rings. The fourth-order valence-corrected chi connectivity index (χ4v) is 4.10. The Morgan fingerprint density at radius 1 is 1.00 bits per heavy atom. The molecule has 0 atom stereocenters. The van der Waals surface area contributed by atoms with Crippen molar-refractivity contribution in [2.75, 3.05) is 0 Å². The summed E-state index contributed by atoms with van der Waals surface area (Å²) < 4.78 is 22.1. The average molecular weight is 455 g/mol. The van der Waals surface area contributed by atoms with E-state index in [1.54, 1.807) is 23.0 Å². The summed E-state index contributed by atoms with van der Waals surface area (Å²) in [5, 5.41) is 8.09. The summed E-state index contributed by atoms with van der Waals surface area (Å²) in [6, 6.07) is 15.9. The molecule has 0 saturated carbocycles. The summed E-state index contributed by atoms with van der Waals surface area (Å²) in [5.74, 6) is 0.670. The molecule has 0 N–H and O–H groups in total. The van der Waals surface area contributed by atoms with Gasteiger partial charge in [0.25, 0.3) is 0 Å². The molecule has 34 heavy (non-hydrogen) atoms. The maximum Gasteiger partial charge on any atom is 0.227 e. The Morgan fingerprint density at radius 3 is 2.50 bits per heavy atom. The topological polar surface area (TPSA) is 73.8 Å². The molecule has 0 saturated heterocycles. The van der Waals surface area contributed by atoms with Crippen LogP contribution in [0.15, 0.2) is 65.3 Å². The number of aldehydes is 1. The normalized spacial score (nSPS) is 11.8. The van der Waals surface area contributed by atoms with Gasteiger partial charge in [-0.2, -0.15) is 0 Å². The van der Waals surface area contributed by atoms with Gasteiger partial charge in [-0.3, -0.25) is 4.79 Å². The largest absolute Gasteiger partial charge is 0.436 e. The van der Waals surface area contributed by atoms with Crippen molar-refractivity contribution in [1.29, 1.82) is 0 Å². The molecule has 2 heterocycles. The standard InChI is InChI=1S/C27H23FN4O2/c1-27(2,3)22-10-16(14-33)11-23-24(22)34-26(30-23)18-7-5-6-17(12-18)20-9-8-19(28)13-21(20)25-31-29-15-32(25)4/h5-15H,1-4H3. The van der Waals surface area contributed by atoms with Crippen LogP contribution in [0.4, 0.5) is 4.39 Å². The van der Waals surface area contributed by atoms with Crippen LogP contribution in [0.1, 0.15) is 36.7 Å². The molecule has 0 radical (unpaired) electrons. The highest BCUT2D eigenvalue weighted by Crippen LogP contribution is 2.36. The van der Waals surface area contributed by atoms with E-state index in [-0.39, 0.29) is 11.2 Å². The Morgan fingerprint density at radius 2 is 1.79 bits per heavy atom. The Balaban J connectivity index is 1.66. The Bertz CT molecular complexity index is 1540. The highest BCUT2D eigenvalue weighted by molar-refractivity contribution is 5.89. The summed E-state index contributed by atoms with van der Waals surface area (Å²) in [5.41, 5.74) is 5.65. The minimum Gasteiger partial charge on any atom is -0.436 e. The second-order valence-corrected chi connectivity index (χ2v) is 9.34. The Kier molecular flexibility index (Phi) is 5.12. The van der Waals surface area contributed by atoms with E-state index in [4.69, 9.17) is 4.42 Å². The third kappa shape index (κ3) is 3.79. The lowest BCUT2D eigenvalue weighted by Crippen LogP contribution is -2.11. The minimum atomic E-state index is -0.349. The van der Waals surface area contributed by atoms with Crippen LogP contribution in [0.5, 0.6) is 0 Å². The fraction of sp³-hybridized carbons (Fsp3) is 0.185. The summed E-state index contributed by atoms with van der Waals surface area (Å²) in [6.07, 6.45) is 2.41. The number of aryl methyl sites for hydroxylation is 1. The number of hydrogen-bond acceptors (Lipinski definition) is 5. The average Bonchev–Trinajstić information content (AvgIpc) is 3.43. The van der Waals surface area contributed by atoms with E-state index < -0.39 is 0 Å². The zero-order valence-corrected chi connectivity index (χ0v) is 19.3. The highest BCUT2D eigenvalue weighted by Gasteiger charge is 2.23. The number of carbonyl (C=O) groups is 1. The van der Waals surface area contributed by atoms with Gasteiger partial charge in [0.1, 0.15) is 23.9 Å². The molecule has 6 nitrogen and oxygen atoms in total. The number of hydrogen-bond donors (Lipinski definition) is 0. The van der Waals surface area contributed by atoms with Gasteiger partial charge in [-0.1, -0.05) is 39.0 Å². The maximum absolute atomic E-state index is 14.1. The lowest BCUT2D eigenvalue weighted by atomic mass is 9.85. The van der Waals surface area contributed by atoms with E-state index >= 15 is 0 Å². The van der Waals surface area contributed by atoms with Gasteiger partial charge in [0.15, 0.2) is 11.4 Å². The molecule has 0 aliphatic heterocycles. The number of benzene rings is 3. The molecule has 0 unspecified atom stereocenters. The molecule has 3 aromatic carbocycles. The molecular weight excluding hydrogens is 431 g/mol. The molecule has 7 heteroatoms. The predicted octanol–water partition coefficient (Wildman–Crippen LogP) is 6.21. The molecule has 0 aliphatic carbocycles. The van der Waals surface area contributed by atoms with Crippen molar-refractivity contribution in [2.24, 2.45) is 7.05 Å². The summed E-state index contributed by atoms with van der Waals surface area (Å²) in [7, 11) is 1.82. The first-order chi connectivity index (χ1) is 16.2. The summed E-state index contributed by atoms with van der Waals surface area (Å²) in [6.45, 7) is 6.21. The number of rotatable bonds is 4. The molecule has 2 aromatic heterocycles. The first kappa shape index (κ1) is 21.7. The smallest absolute Gasteiger partial charge is 0.227 e. The maximum atomic E-state index is 14.1. The zero-order chi connectivity index (χ0) is 24.0. The van der Waals surface area contributed by atoms with Gasteiger partial charge in [0.2, 0.25) is 5.89 Å². The molecule has 0 amide bonds. The van der Waals surface area contributed by atoms with Crippen LogP contribution in [0.2, 0.25) is 0 Å². The minimum absolute atomic E-state index is 0.227. The van der Waals surface area contributed by atoms with Crippen molar-refractivity contribution in [3.8, 4) is 34.0 Å². The lowest BCUT2D eigenvalue weighted by Gasteiger charge is -2.19. The number of halogens is 1. The highest BCUT2D eigenvalue weighted by atomic mass is 19.1. The molecule has 0 fully saturated rings. The van der Waals surface area contributed by atoms with Crippen LogP contribution in [0, 0.1) is 5.82 Å². The molecule has 0 spiro atoms. The van der Waals surface area contributed by atoms with E-state index in [1.807, 2.05) is 37.4 Å². The third-order valence-electron chi connectivity index (χ3n) is 5.81. The molecule has 170 valence electrons. The van der Waals surface area contributed by atoms with Crippen molar-refractivity contribution in [2.45, 2.75) is 26.2 Å². The van der Waals surface area contributed by atoms with Crippen LogP contribution >= 0.6 is 0 Å². The van der Waals surface area contributed by atoms with E-state index in [1.165, 1.54) is 12.1 Å². The van der Waals surface area contributed by atoms with Gasteiger partial charge in [-0.25, -0.2) is 9.37 Å². The fourth-order valence-electron chi connectivity index (χ4n) is 4.10. The zero-order valence-electron chi connectivity index (χ0n) is 19.3. The van der Waals surface area contributed by atoms with Gasteiger partial charge < -0.3 is 8.98 Å². The first-order valence-corrected chi connectivity index (χ1v) is 10.9. The van der Waals surface area contributed by atoms with Crippen molar-refractivity contribution < 1.29 is 13.6 Å². The third-order valence-corrected chi connectivity index (χ3v) is 5.81. The van der Waals surface area contributed by atoms with Crippen LogP contribution in [-0.4, -0.2) is 26.0 Å². The SMILES string of the molecule is Cn1cnnc1-c1cc(F)ccc1-c1cccc(-c2nc3cc(C=O)cc(C(C)(C)C)c3o2)c1. The summed E-state index contributed by atoms with van der Waals surface area (Å²) in [4.78, 5) is 16.2. The molecule has 5 rings (SSSR count). The predicted molar refractivity (Wildman–Crippen MR) is 129 cm³/mol. The van der Waals surface area contributed by atoms with Crippen molar-refractivity contribution in [3.63, 3.8) is 0 Å². The Labute approximate surface area is 196 Å².